The molecule has 2 heterocycles. The summed E-state index contributed by atoms with van der Waals surface area (Å²) < 4.78 is 28.8. The number of hydrogen-bond acceptors (Lipinski definition) is 3. The maximum absolute atomic E-state index is 12.9. The van der Waals surface area contributed by atoms with Crippen LogP contribution in [0.2, 0.25) is 5.02 Å². The van der Waals surface area contributed by atoms with E-state index >= 15 is 0 Å². The number of hydrogen-bond donors (Lipinski definition) is 0. The molecule has 2 aromatic rings. The van der Waals surface area contributed by atoms with Gasteiger partial charge in [0, 0.05) is 25.7 Å². The van der Waals surface area contributed by atoms with Gasteiger partial charge in [-0.1, -0.05) is 11.6 Å². The standard InChI is InChI=1S/C15H18ClF2N5O/c1-21(7-13-10(16)6-19-22(13)2)14(24)8-23-12(9-3-4-9)5-11(20-23)15(17)18/h5-6,9,15H,3-4,7-8H2,1-2H3. The van der Waals surface area contributed by atoms with Crippen molar-refractivity contribution in [1.82, 2.24) is 24.5 Å². The summed E-state index contributed by atoms with van der Waals surface area (Å²) in [6.45, 7) is 0.223. The van der Waals surface area contributed by atoms with Crippen LogP contribution in [0.25, 0.3) is 0 Å². The molecule has 1 amide bonds. The largest absolute Gasteiger partial charge is 0.338 e. The predicted octanol–water partition coefficient (Wildman–Crippen LogP) is 2.74. The topological polar surface area (TPSA) is 56.0 Å². The van der Waals surface area contributed by atoms with Crippen molar-refractivity contribution in [2.24, 2.45) is 7.05 Å². The van der Waals surface area contributed by atoms with Crippen molar-refractivity contribution in [3.8, 4) is 0 Å². The zero-order valence-electron chi connectivity index (χ0n) is 13.4. The summed E-state index contributed by atoms with van der Waals surface area (Å²) >= 11 is 6.05. The molecule has 0 bridgehead atoms. The molecule has 0 atom stereocenters. The van der Waals surface area contributed by atoms with Crippen LogP contribution in [-0.4, -0.2) is 37.4 Å². The molecule has 9 heteroatoms. The summed E-state index contributed by atoms with van der Waals surface area (Å²) in [6.07, 6.45) is 0.777. The number of carbonyl (C=O) groups excluding carboxylic acids is 1. The van der Waals surface area contributed by atoms with Gasteiger partial charge in [-0.05, 0) is 18.9 Å². The van der Waals surface area contributed by atoms with Crippen LogP contribution in [-0.2, 0) is 24.9 Å². The van der Waals surface area contributed by atoms with Gasteiger partial charge in [0.25, 0.3) is 6.43 Å². The van der Waals surface area contributed by atoms with E-state index in [2.05, 4.69) is 10.2 Å². The Kier molecular flexibility index (Phi) is 4.58. The van der Waals surface area contributed by atoms with Gasteiger partial charge in [-0.15, -0.1) is 0 Å². The van der Waals surface area contributed by atoms with Gasteiger partial charge in [-0.3, -0.25) is 14.2 Å². The van der Waals surface area contributed by atoms with Crippen molar-refractivity contribution in [1.29, 1.82) is 0 Å². The maximum Gasteiger partial charge on any atom is 0.282 e. The van der Waals surface area contributed by atoms with E-state index in [4.69, 9.17) is 11.6 Å². The molecule has 0 saturated heterocycles. The van der Waals surface area contributed by atoms with E-state index in [0.29, 0.717) is 16.4 Å². The summed E-state index contributed by atoms with van der Waals surface area (Å²) in [5.74, 6) is 0.00714. The Labute approximate surface area is 143 Å². The van der Waals surface area contributed by atoms with Crippen LogP contribution in [0, 0.1) is 0 Å². The zero-order valence-corrected chi connectivity index (χ0v) is 14.2. The molecule has 0 radical (unpaired) electrons. The Hall–Kier alpha value is -1.96. The lowest BCUT2D eigenvalue weighted by Gasteiger charge is -2.18. The molecule has 1 fully saturated rings. The van der Waals surface area contributed by atoms with Gasteiger partial charge in [-0.2, -0.15) is 10.2 Å². The number of aryl methyl sites for hydroxylation is 1. The van der Waals surface area contributed by atoms with E-state index in [0.717, 1.165) is 12.8 Å². The third kappa shape index (κ3) is 3.43. The highest BCUT2D eigenvalue weighted by atomic mass is 35.5. The molecule has 0 unspecified atom stereocenters. The van der Waals surface area contributed by atoms with Crippen LogP contribution < -0.4 is 0 Å². The Morgan fingerprint density at radius 1 is 1.50 bits per heavy atom. The van der Waals surface area contributed by atoms with Crippen LogP contribution in [0.5, 0.6) is 0 Å². The average Bonchev–Trinajstić information content (AvgIpc) is 3.22. The summed E-state index contributed by atoms with van der Waals surface area (Å²) in [7, 11) is 3.38. The van der Waals surface area contributed by atoms with Gasteiger partial charge in [0.05, 0.1) is 23.5 Å². The van der Waals surface area contributed by atoms with Gasteiger partial charge in [0.2, 0.25) is 5.91 Å². The number of halogens is 3. The van der Waals surface area contributed by atoms with Crippen LogP contribution in [0.15, 0.2) is 12.3 Å². The molecule has 0 N–H and O–H groups in total. The first-order valence-electron chi connectivity index (χ1n) is 7.63. The van der Waals surface area contributed by atoms with Crippen molar-refractivity contribution in [2.45, 2.75) is 38.3 Å². The third-order valence-electron chi connectivity index (χ3n) is 4.16. The fourth-order valence-electron chi connectivity index (χ4n) is 2.57. The predicted molar refractivity (Wildman–Crippen MR) is 83.9 cm³/mol. The minimum atomic E-state index is -2.63. The van der Waals surface area contributed by atoms with Crippen LogP contribution >= 0.6 is 11.6 Å². The van der Waals surface area contributed by atoms with Crippen LogP contribution in [0.4, 0.5) is 8.78 Å². The lowest BCUT2D eigenvalue weighted by Crippen LogP contribution is -2.31. The molecule has 1 aliphatic carbocycles. The van der Waals surface area contributed by atoms with Crippen molar-refractivity contribution < 1.29 is 13.6 Å². The van der Waals surface area contributed by atoms with Crippen molar-refractivity contribution in [3.05, 3.63) is 34.4 Å². The number of alkyl halides is 2. The molecular weight excluding hydrogens is 340 g/mol. The van der Waals surface area contributed by atoms with Crippen molar-refractivity contribution in [3.63, 3.8) is 0 Å². The normalized spacial score (nSPS) is 14.4. The van der Waals surface area contributed by atoms with E-state index in [9.17, 15) is 13.6 Å². The highest BCUT2D eigenvalue weighted by Crippen LogP contribution is 2.41. The minimum absolute atomic E-state index is 0.0650. The molecule has 130 valence electrons. The number of carbonyl (C=O) groups is 1. The van der Waals surface area contributed by atoms with Crippen LogP contribution in [0.3, 0.4) is 0 Å². The number of aromatic nitrogens is 4. The monoisotopic (exact) mass is 357 g/mol. The molecule has 0 aromatic carbocycles. The maximum atomic E-state index is 12.9. The van der Waals surface area contributed by atoms with E-state index in [1.54, 1.807) is 18.8 Å². The summed E-state index contributed by atoms with van der Waals surface area (Å²) in [5.41, 5.74) is 1.15. The first-order chi connectivity index (χ1) is 11.4. The van der Waals surface area contributed by atoms with Crippen molar-refractivity contribution >= 4 is 17.5 Å². The van der Waals surface area contributed by atoms with Gasteiger partial charge in [0.1, 0.15) is 12.2 Å². The summed E-state index contributed by atoms with van der Waals surface area (Å²) in [6, 6.07) is 1.41. The lowest BCUT2D eigenvalue weighted by molar-refractivity contribution is -0.131. The SMILES string of the molecule is CN(Cc1c(Cl)cnn1C)C(=O)Cn1nc(C(F)F)cc1C1CC1. The molecule has 3 rings (SSSR count). The fourth-order valence-corrected chi connectivity index (χ4v) is 2.79. The van der Waals surface area contributed by atoms with Gasteiger partial charge in [-0.25, -0.2) is 8.78 Å². The van der Waals surface area contributed by atoms with Crippen molar-refractivity contribution in [2.75, 3.05) is 7.05 Å². The number of amides is 1. The third-order valence-corrected chi connectivity index (χ3v) is 4.47. The molecule has 1 saturated carbocycles. The average molecular weight is 358 g/mol. The Morgan fingerprint density at radius 3 is 2.75 bits per heavy atom. The number of nitrogens with zero attached hydrogens (tertiary/aromatic N) is 5. The van der Waals surface area contributed by atoms with Gasteiger partial charge in [0.15, 0.2) is 0 Å². The highest BCUT2D eigenvalue weighted by Gasteiger charge is 2.30. The van der Waals surface area contributed by atoms with E-state index in [-0.39, 0.29) is 30.6 Å². The minimum Gasteiger partial charge on any atom is -0.338 e. The highest BCUT2D eigenvalue weighted by molar-refractivity contribution is 6.31. The first kappa shape index (κ1) is 16.9. The second-order valence-electron chi connectivity index (χ2n) is 6.04. The van der Waals surface area contributed by atoms with E-state index < -0.39 is 6.43 Å². The lowest BCUT2D eigenvalue weighted by atomic mass is 10.2. The second kappa shape index (κ2) is 6.51. The Bertz CT molecular complexity index is 734. The molecule has 1 aliphatic rings. The van der Waals surface area contributed by atoms with E-state index in [1.807, 2.05) is 0 Å². The summed E-state index contributed by atoms with van der Waals surface area (Å²) in [4.78, 5) is 13.9. The van der Waals surface area contributed by atoms with Crippen LogP contribution in [0.1, 0.15) is 42.3 Å². The molecule has 2 aromatic heterocycles. The Balaban J connectivity index is 1.72. The molecular formula is C15H18ClF2N5O. The second-order valence-corrected chi connectivity index (χ2v) is 6.45. The quantitative estimate of drug-likeness (QED) is 0.798. The number of rotatable bonds is 6. The Morgan fingerprint density at radius 2 is 2.21 bits per heavy atom. The molecule has 0 spiro atoms. The van der Waals surface area contributed by atoms with Gasteiger partial charge < -0.3 is 4.90 Å². The molecule has 24 heavy (non-hydrogen) atoms. The smallest absolute Gasteiger partial charge is 0.282 e. The van der Waals surface area contributed by atoms with E-state index in [1.165, 1.54) is 21.8 Å². The first-order valence-corrected chi connectivity index (χ1v) is 8.00. The number of likely N-dealkylation sites (N-methyl/N-ethyl adjacent to an activating group) is 1. The molecule has 0 aliphatic heterocycles. The zero-order chi connectivity index (χ0) is 17.4. The molecule has 6 nitrogen and oxygen atoms in total. The van der Waals surface area contributed by atoms with Gasteiger partial charge >= 0.3 is 0 Å². The summed E-state index contributed by atoms with van der Waals surface area (Å²) in [5, 5.41) is 8.41. The fraction of sp³-hybridized carbons (Fsp3) is 0.533.